The van der Waals surface area contributed by atoms with E-state index in [4.69, 9.17) is 9.52 Å². The smallest absolute Gasteiger partial charge is 0.325 e. The predicted octanol–water partition coefficient (Wildman–Crippen LogP) is 0.552. The summed E-state index contributed by atoms with van der Waals surface area (Å²) in [6, 6.07) is 0.279. The number of hydrogen-bond donors (Lipinski definition) is 3. The van der Waals surface area contributed by atoms with E-state index in [1.54, 1.807) is 6.07 Å². The Morgan fingerprint density at radius 2 is 2.33 bits per heavy atom. The maximum absolute atomic E-state index is 11.1. The van der Waals surface area contributed by atoms with E-state index < -0.39 is 18.0 Å². The van der Waals surface area contributed by atoms with Gasteiger partial charge in [-0.05, 0) is 13.0 Å². The molecule has 1 atom stereocenters. The molecule has 0 aromatic carbocycles. The molecule has 0 radical (unpaired) electrons. The first kappa shape index (κ1) is 11.1. The van der Waals surface area contributed by atoms with Gasteiger partial charge in [-0.1, -0.05) is 0 Å². The number of amides is 2. The molecule has 1 rings (SSSR count). The van der Waals surface area contributed by atoms with Crippen LogP contribution < -0.4 is 10.6 Å². The summed E-state index contributed by atoms with van der Waals surface area (Å²) in [4.78, 5) is 21.5. The minimum atomic E-state index is -1.08. The van der Waals surface area contributed by atoms with E-state index in [9.17, 15) is 9.59 Å². The molecule has 1 heterocycles. The number of aliphatic carboxylic acids is 1. The quantitative estimate of drug-likeness (QED) is 0.679. The molecule has 0 saturated heterocycles. The Labute approximate surface area is 86.3 Å². The molecule has 6 nitrogen and oxygen atoms in total. The van der Waals surface area contributed by atoms with Gasteiger partial charge in [-0.2, -0.15) is 0 Å². The van der Waals surface area contributed by atoms with Crippen molar-refractivity contribution in [3.8, 4) is 0 Å². The van der Waals surface area contributed by atoms with Gasteiger partial charge < -0.3 is 20.2 Å². The average molecular weight is 212 g/mol. The molecule has 0 aliphatic rings. The van der Waals surface area contributed by atoms with Crippen molar-refractivity contribution in [1.29, 1.82) is 0 Å². The Morgan fingerprint density at radius 1 is 1.60 bits per heavy atom. The van der Waals surface area contributed by atoms with Crippen molar-refractivity contribution in [3.05, 3.63) is 24.2 Å². The molecule has 82 valence electrons. The van der Waals surface area contributed by atoms with Gasteiger partial charge in [0, 0.05) is 12.1 Å². The van der Waals surface area contributed by atoms with E-state index in [0.717, 1.165) is 5.56 Å². The first-order valence-electron chi connectivity index (χ1n) is 4.38. The molecule has 0 spiro atoms. The van der Waals surface area contributed by atoms with Crippen LogP contribution in [-0.4, -0.2) is 23.1 Å². The van der Waals surface area contributed by atoms with Gasteiger partial charge in [0.1, 0.15) is 6.04 Å². The predicted molar refractivity (Wildman–Crippen MR) is 51.2 cm³/mol. The fraction of sp³-hybridized carbons (Fsp3) is 0.333. The van der Waals surface area contributed by atoms with Crippen molar-refractivity contribution in [2.45, 2.75) is 19.5 Å². The number of furan rings is 1. The number of hydrogen-bond acceptors (Lipinski definition) is 3. The highest BCUT2D eigenvalue weighted by molar-refractivity contribution is 5.82. The Kier molecular flexibility index (Phi) is 3.73. The van der Waals surface area contributed by atoms with Gasteiger partial charge >= 0.3 is 12.0 Å². The van der Waals surface area contributed by atoms with Crippen LogP contribution >= 0.6 is 0 Å². The van der Waals surface area contributed by atoms with Crippen LogP contribution in [0.3, 0.4) is 0 Å². The number of carboxylic acid groups (broad SMARTS) is 1. The van der Waals surface area contributed by atoms with E-state index in [-0.39, 0.29) is 0 Å². The molecule has 3 N–H and O–H groups in total. The lowest BCUT2D eigenvalue weighted by atomic mass is 10.3. The van der Waals surface area contributed by atoms with Crippen molar-refractivity contribution >= 4 is 12.0 Å². The highest BCUT2D eigenvalue weighted by Crippen LogP contribution is 1.98. The van der Waals surface area contributed by atoms with Gasteiger partial charge in [0.15, 0.2) is 0 Å². The molecule has 0 aliphatic heterocycles. The summed E-state index contributed by atoms with van der Waals surface area (Å²) in [5.74, 6) is -1.08. The molecular weight excluding hydrogens is 200 g/mol. The van der Waals surface area contributed by atoms with Crippen molar-refractivity contribution in [1.82, 2.24) is 10.6 Å². The van der Waals surface area contributed by atoms with Gasteiger partial charge in [0.05, 0.1) is 12.5 Å². The first-order chi connectivity index (χ1) is 7.09. The van der Waals surface area contributed by atoms with Crippen molar-refractivity contribution < 1.29 is 19.1 Å². The van der Waals surface area contributed by atoms with Crippen molar-refractivity contribution in [2.24, 2.45) is 0 Å². The summed E-state index contributed by atoms with van der Waals surface area (Å²) < 4.78 is 4.80. The molecule has 0 aliphatic carbocycles. The zero-order chi connectivity index (χ0) is 11.3. The molecule has 0 bridgehead atoms. The maximum atomic E-state index is 11.1. The summed E-state index contributed by atoms with van der Waals surface area (Å²) in [6.07, 6.45) is 3.00. The van der Waals surface area contributed by atoms with Crippen LogP contribution in [0.5, 0.6) is 0 Å². The van der Waals surface area contributed by atoms with E-state index in [1.807, 2.05) is 0 Å². The highest BCUT2D eigenvalue weighted by Gasteiger charge is 2.13. The molecule has 0 unspecified atom stereocenters. The zero-order valence-electron chi connectivity index (χ0n) is 8.19. The van der Waals surface area contributed by atoms with E-state index in [1.165, 1.54) is 19.5 Å². The summed E-state index contributed by atoms with van der Waals surface area (Å²) in [7, 11) is 0. The fourth-order valence-corrected chi connectivity index (χ4v) is 0.885. The van der Waals surface area contributed by atoms with Gasteiger partial charge in [-0.25, -0.2) is 4.79 Å². The standard InChI is InChI=1S/C9H12N2O4/c1-6(8(12)13)11-9(14)10-4-7-2-3-15-5-7/h2-3,5-6H,4H2,1H3,(H,12,13)(H2,10,11,14)/t6-/m1/s1. The average Bonchev–Trinajstić information content (AvgIpc) is 2.66. The maximum Gasteiger partial charge on any atom is 0.325 e. The molecule has 1 aromatic heterocycles. The third-order valence-electron chi connectivity index (χ3n) is 1.75. The monoisotopic (exact) mass is 212 g/mol. The second-order valence-electron chi connectivity index (χ2n) is 3.02. The van der Waals surface area contributed by atoms with Crippen LogP contribution in [-0.2, 0) is 11.3 Å². The number of rotatable bonds is 4. The third kappa shape index (κ3) is 3.72. The van der Waals surface area contributed by atoms with Crippen molar-refractivity contribution in [3.63, 3.8) is 0 Å². The number of carboxylic acids is 1. The van der Waals surface area contributed by atoms with Gasteiger partial charge in [-0.15, -0.1) is 0 Å². The normalized spacial score (nSPS) is 11.8. The Balaban J connectivity index is 2.28. The van der Waals surface area contributed by atoms with Crippen LogP contribution in [0, 0.1) is 0 Å². The van der Waals surface area contributed by atoms with Gasteiger partial charge in [0.2, 0.25) is 0 Å². The summed E-state index contributed by atoms with van der Waals surface area (Å²) in [5, 5.41) is 13.3. The lowest BCUT2D eigenvalue weighted by molar-refractivity contribution is -0.138. The lowest BCUT2D eigenvalue weighted by Gasteiger charge is -2.09. The topological polar surface area (TPSA) is 91.6 Å². The lowest BCUT2D eigenvalue weighted by Crippen LogP contribution is -2.44. The van der Waals surface area contributed by atoms with Gasteiger partial charge in [-0.3, -0.25) is 4.79 Å². The first-order valence-corrected chi connectivity index (χ1v) is 4.38. The number of nitrogens with one attached hydrogen (secondary N) is 2. The number of carbonyl (C=O) groups excluding carboxylic acids is 1. The fourth-order valence-electron chi connectivity index (χ4n) is 0.885. The Morgan fingerprint density at radius 3 is 2.87 bits per heavy atom. The molecular formula is C9H12N2O4. The molecule has 2 amide bonds. The highest BCUT2D eigenvalue weighted by atomic mass is 16.4. The van der Waals surface area contributed by atoms with Crippen LogP contribution in [0.1, 0.15) is 12.5 Å². The molecule has 1 aromatic rings. The zero-order valence-corrected chi connectivity index (χ0v) is 8.19. The van der Waals surface area contributed by atoms with Crippen LogP contribution in [0.25, 0.3) is 0 Å². The minimum Gasteiger partial charge on any atom is -0.480 e. The van der Waals surface area contributed by atoms with Crippen LogP contribution in [0.15, 0.2) is 23.0 Å². The van der Waals surface area contributed by atoms with Gasteiger partial charge in [0.25, 0.3) is 0 Å². The molecule has 15 heavy (non-hydrogen) atoms. The second kappa shape index (κ2) is 5.04. The molecule has 0 saturated carbocycles. The van der Waals surface area contributed by atoms with E-state index >= 15 is 0 Å². The number of urea groups is 1. The molecule has 6 heteroatoms. The Bertz CT molecular complexity index is 334. The third-order valence-corrected chi connectivity index (χ3v) is 1.75. The second-order valence-corrected chi connectivity index (χ2v) is 3.02. The summed E-state index contributed by atoms with van der Waals surface area (Å²) in [5.41, 5.74) is 0.813. The minimum absolute atomic E-state index is 0.300. The SMILES string of the molecule is C[C@@H](NC(=O)NCc1ccoc1)C(=O)O. The summed E-state index contributed by atoms with van der Waals surface area (Å²) in [6.45, 7) is 1.69. The Hall–Kier alpha value is -1.98. The summed E-state index contributed by atoms with van der Waals surface area (Å²) >= 11 is 0. The van der Waals surface area contributed by atoms with E-state index in [0.29, 0.717) is 6.54 Å². The van der Waals surface area contributed by atoms with Crippen LogP contribution in [0.2, 0.25) is 0 Å². The van der Waals surface area contributed by atoms with Crippen molar-refractivity contribution in [2.75, 3.05) is 0 Å². The van der Waals surface area contributed by atoms with E-state index in [2.05, 4.69) is 10.6 Å². The largest absolute Gasteiger partial charge is 0.480 e. The van der Waals surface area contributed by atoms with Crippen LogP contribution in [0.4, 0.5) is 4.79 Å². The molecule has 0 fully saturated rings. The number of carbonyl (C=O) groups is 2.